The molecule has 0 aromatic heterocycles. The van der Waals surface area contributed by atoms with E-state index in [2.05, 4.69) is 12.1 Å². The summed E-state index contributed by atoms with van der Waals surface area (Å²) in [5.74, 6) is 0. The molecule has 0 saturated carbocycles. The van der Waals surface area contributed by atoms with Gasteiger partial charge in [0.05, 0.1) is 0 Å². The van der Waals surface area contributed by atoms with Gasteiger partial charge in [0.2, 0.25) is 0 Å². The zero-order chi connectivity index (χ0) is 10.7. The fourth-order valence-corrected chi connectivity index (χ4v) is 1.59. The van der Waals surface area contributed by atoms with Crippen molar-refractivity contribution in [3.63, 3.8) is 0 Å². The Balaban J connectivity index is 2.28. The maximum Gasteiger partial charge on any atom is 0.0351 e. The summed E-state index contributed by atoms with van der Waals surface area (Å²) in [4.78, 5) is 0. The van der Waals surface area contributed by atoms with Gasteiger partial charge in [-0.25, -0.2) is 0 Å². The van der Waals surface area contributed by atoms with Crippen molar-refractivity contribution >= 4 is 11.4 Å². The molecule has 0 amide bonds. The first-order chi connectivity index (χ1) is 7.25. The molecule has 2 heteroatoms. The molecular weight excluding hydrogens is 184 g/mol. The van der Waals surface area contributed by atoms with Crippen molar-refractivity contribution in [1.29, 1.82) is 0 Å². The molecule has 0 atom stereocenters. The fraction of sp³-hybridized carbons (Fsp3) is 0.0769. The Morgan fingerprint density at radius 3 is 2.33 bits per heavy atom. The van der Waals surface area contributed by atoms with E-state index in [0.717, 1.165) is 23.4 Å². The molecule has 0 saturated heterocycles. The van der Waals surface area contributed by atoms with Crippen LogP contribution in [-0.4, -0.2) is 0 Å². The molecule has 0 spiro atoms. The smallest absolute Gasteiger partial charge is 0.0351 e. The van der Waals surface area contributed by atoms with Crippen LogP contribution in [0.3, 0.4) is 0 Å². The minimum Gasteiger partial charge on any atom is -0.399 e. The van der Waals surface area contributed by atoms with Crippen molar-refractivity contribution < 1.29 is 0 Å². The quantitative estimate of drug-likeness (QED) is 0.728. The molecule has 76 valence electrons. The topological polar surface area (TPSA) is 52.0 Å². The van der Waals surface area contributed by atoms with Crippen molar-refractivity contribution in [1.82, 2.24) is 0 Å². The van der Waals surface area contributed by atoms with E-state index in [1.807, 2.05) is 36.4 Å². The first-order valence-electron chi connectivity index (χ1n) is 4.93. The van der Waals surface area contributed by atoms with Gasteiger partial charge in [-0.1, -0.05) is 30.3 Å². The Morgan fingerprint density at radius 2 is 1.60 bits per heavy atom. The summed E-state index contributed by atoms with van der Waals surface area (Å²) < 4.78 is 0. The van der Waals surface area contributed by atoms with E-state index in [-0.39, 0.29) is 0 Å². The molecule has 2 rings (SSSR count). The van der Waals surface area contributed by atoms with Crippen molar-refractivity contribution in [3.8, 4) is 0 Å². The van der Waals surface area contributed by atoms with Crippen LogP contribution in [0, 0.1) is 0 Å². The third kappa shape index (κ3) is 2.29. The van der Waals surface area contributed by atoms with Gasteiger partial charge >= 0.3 is 0 Å². The Labute approximate surface area is 89.5 Å². The van der Waals surface area contributed by atoms with Crippen LogP contribution < -0.4 is 11.5 Å². The Bertz CT molecular complexity index is 449. The van der Waals surface area contributed by atoms with E-state index >= 15 is 0 Å². The molecule has 0 unspecified atom stereocenters. The molecule has 0 bridgehead atoms. The maximum absolute atomic E-state index is 5.88. The van der Waals surface area contributed by atoms with Crippen molar-refractivity contribution in [3.05, 3.63) is 59.7 Å². The Kier molecular flexibility index (Phi) is 2.59. The van der Waals surface area contributed by atoms with E-state index in [1.54, 1.807) is 0 Å². The highest BCUT2D eigenvalue weighted by molar-refractivity contribution is 5.56. The van der Waals surface area contributed by atoms with Crippen molar-refractivity contribution in [2.24, 2.45) is 0 Å². The minimum absolute atomic E-state index is 0.759. The zero-order valence-corrected chi connectivity index (χ0v) is 8.48. The van der Waals surface area contributed by atoms with Crippen LogP contribution in [0.25, 0.3) is 0 Å². The van der Waals surface area contributed by atoms with Crippen LogP contribution in [0.2, 0.25) is 0 Å². The first-order valence-corrected chi connectivity index (χ1v) is 4.93. The lowest BCUT2D eigenvalue weighted by Gasteiger charge is -2.06. The van der Waals surface area contributed by atoms with Gasteiger partial charge in [0, 0.05) is 11.4 Å². The van der Waals surface area contributed by atoms with E-state index in [0.29, 0.717) is 0 Å². The summed E-state index contributed by atoms with van der Waals surface area (Å²) in [6.45, 7) is 0. The summed E-state index contributed by atoms with van der Waals surface area (Å²) in [5, 5.41) is 0. The third-order valence-electron chi connectivity index (χ3n) is 2.40. The number of rotatable bonds is 2. The second kappa shape index (κ2) is 4.05. The highest BCUT2D eigenvalue weighted by Gasteiger charge is 2.00. The molecule has 0 heterocycles. The third-order valence-corrected chi connectivity index (χ3v) is 2.40. The highest BCUT2D eigenvalue weighted by atomic mass is 14.6. The predicted molar refractivity (Wildman–Crippen MR) is 64.5 cm³/mol. The van der Waals surface area contributed by atoms with Gasteiger partial charge in [0.25, 0.3) is 0 Å². The van der Waals surface area contributed by atoms with Crippen LogP contribution in [0.1, 0.15) is 11.1 Å². The number of nitrogens with two attached hydrogens (primary N) is 2. The van der Waals surface area contributed by atoms with Gasteiger partial charge in [0.1, 0.15) is 0 Å². The molecule has 0 radical (unpaired) electrons. The lowest BCUT2D eigenvalue weighted by atomic mass is 10.0. The molecule has 2 aromatic carbocycles. The molecular formula is C13H14N2. The summed E-state index contributed by atoms with van der Waals surface area (Å²) in [6, 6.07) is 15.8. The zero-order valence-electron chi connectivity index (χ0n) is 8.48. The van der Waals surface area contributed by atoms with E-state index < -0.39 is 0 Å². The molecule has 0 aliphatic heterocycles. The maximum atomic E-state index is 5.88. The van der Waals surface area contributed by atoms with Crippen molar-refractivity contribution in [2.45, 2.75) is 6.42 Å². The summed E-state index contributed by atoms with van der Waals surface area (Å²) in [5.41, 5.74) is 15.5. The van der Waals surface area contributed by atoms with Crippen molar-refractivity contribution in [2.75, 3.05) is 11.5 Å². The van der Waals surface area contributed by atoms with E-state index in [9.17, 15) is 0 Å². The number of hydrogen-bond donors (Lipinski definition) is 2. The van der Waals surface area contributed by atoms with Gasteiger partial charge in [-0.3, -0.25) is 0 Å². The number of nitrogen functional groups attached to an aromatic ring is 2. The Hall–Kier alpha value is -1.96. The lowest BCUT2D eigenvalue weighted by Crippen LogP contribution is -1.97. The van der Waals surface area contributed by atoms with Gasteiger partial charge in [-0.05, 0) is 35.7 Å². The Morgan fingerprint density at radius 1 is 0.867 bits per heavy atom. The molecule has 15 heavy (non-hydrogen) atoms. The normalized spacial score (nSPS) is 10.1. The number of anilines is 2. The molecule has 0 aliphatic rings. The summed E-state index contributed by atoms with van der Waals surface area (Å²) in [6.07, 6.45) is 0.831. The monoisotopic (exact) mass is 198 g/mol. The standard InChI is InChI=1S/C13H14N2/c14-12-6-7-13(15)11(9-12)8-10-4-2-1-3-5-10/h1-7,9H,8,14-15H2. The molecule has 2 aromatic rings. The molecule has 0 fully saturated rings. The van der Waals surface area contributed by atoms with Gasteiger partial charge in [0.15, 0.2) is 0 Å². The average Bonchev–Trinajstić information content (AvgIpc) is 2.25. The van der Waals surface area contributed by atoms with Crippen LogP contribution in [0.15, 0.2) is 48.5 Å². The fourth-order valence-electron chi connectivity index (χ4n) is 1.59. The summed E-state index contributed by atoms with van der Waals surface area (Å²) in [7, 11) is 0. The lowest BCUT2D eigenvalue weighted by molar-refractivity contribution is 1.20. The molecule has 4 N–H and O–H groups in total. The first kappa shape index (κ1) is 9.59. The average molecular weight is 198 g/mol. The van der Waals surface area contributed by atoms with Gasteiger partial charge in [-0.15, -0.1) is 0 Å². The number of benzene rings is 2. The SMILES string of the molecule is Nc1ccc(N)c(Cc2ccccc2)c1. The highest BCUT2D eigenvalue weighted by Crippen LogP contribution is 2.19. The van der Waals surface area contributed by atoms with Crippen LogP contribution >= 0.6 is 0 Å². The van der Waals surface area contributed by atoms with E-state index in [4.69, 9.17) is 11.5 Å². The summed E-state index contributed by atoms with van der Waals surface area (Å²) >= 11 is 0. The van der Waals surface area contributed by atoms with Gasteiger partial charge in [-0.2, -0.15) is 0 Å². The van der Waals surface area contributed by atoms with Crippen LogP contribution in [0.5, 0.6) is 0 Å². The molecule has 2 nitrogen and oxygen atoms in total. The largest absolute Gasteiger partial charge is 0.399 e. The van der Waals surface area contributed by atoms with Crippen LogP contribution in [-0.2, 0) is 6.42 Å². The van der Waals surface area contributed by atoms with Gasteiger partial charge < -0.3 is 11.5 Å². The predicted octanol–water partition coefficient (Wildman–Crippen LogP) is 2.44. The minimum atomic E-state index is 0.759. The molecule has 0 aliphatic carbocycles. The van der Waals surface area contributed by atoms with Crippen LogP contribution in [0.4, 0.5) is 11.4 Å². The second-order valence-corrected chi connectivity index (χ2v) is 3.62. The second-order valence-electron chi connectivity index (χ2n) is 3.62. The van der Waals surface area contributed by atoms with E-state index in [1.165, 1.54) is 5.56 Å². The number of hydrogen-bond acceptors (Lipinski definition) is 2.